The van der Waals surface area contributed by atoms with Crippen LogP contribution in [0.3, 0.4) is 0 Å². The van der Waals surface area contributed by atoms with E-state index in [1.807, 2.05) is 111 Å². The maximum Gasteiger partial charge on any atom is 0.508 e. The van der Waals surface area contributed by atoms with E-state index in [-0.39, 0.29) is 30.8 Å². The van der Waals surface area contributed by atoms with E-state index in [1.165, 1.54) is 4.90 Å². The number of carbonyl (C=O) groups excluding carboxylic acids is 4. The molecule has 0 radical (unpaired) electrons. The molecule has 2 unspecified atom stereocenters. The molecule has 1 amide bonds. The van der Waals surface area contributed by atoms with Gasteiger partial charge in [0.25, 0.3) is 0 Å². The summed E-state index contributed by atoms with van der Waals surface area (Å²) in [4.78, 5) is 59.8. The van der Waals surface area contributed by atoms with Crippen LogP contribution in [0, 0.1) is 46.8 Å². The fourth-order valence-electron chi connectivity index (χ4n) is 12.6. The van der Waals surface area contributed by atoms with Gasteiger partial charge in [-0.25, -0.2) is 14.4 Å². The van der Waals surface area contributed by atoms with Crippen LogP contribution in [0.4, 0.5) is 9.59 Å². The van der Waals surface area contributed by atoms with E-state index in [1.54, 1.807) is 27.9 Å². The molecular formula is C52H71NO12. The summed E-state index contributed by atoms with van der Waals surface area (Å²) >= 11 is 0. The first kappa shape index (κ1) is 48.5. The highest BCUT2D eigenvalue weighted by Crippen LogP contribution is 2.68. The van der Waals surface area contributed by atoms with Crippen LogP contribution in [0.2, 0.25) is 0 Å². The topological polar surface area (TPSA) is 156 Å². The summed E-state index contributed by atoms with van der Waals surface area (Å²) in [6.07, 6.45) is -5.30. The van der Waals surface area contributed by atoms with Gasteiger partial charge in [0.1, 0.15) is 35.9 Å². The fourth-order valence-corrected chi connectivity index (χ4v) is 12.6. The molecule has 2 aliphatic heterocycles. The number of ketones is 1. The summed E-state index contributed by atoms with van der Waals surface area (Å²) in [5.74, 6) is -2.19. The number of benzene rings is 2. The van der Waals surface area contributed by atoms with Gasteiger partial charge in [-0.3, -0.25) is 9.69 Å². The van der Waals surface area contributed by atoms with Gasteiger partial charge >= 0.3 is 18.2 Å². The molecule has 65 heavy (non-hydrogen) atoms. The fraction of sp³-hybridized carbons (Fsp3) is 0.654. The molecule has 13 nitrogen and oxygen atoms in total. The van der Waals surface area contributed by atoms with Gasteiger partial charge in [-0.2, -0.15) is 0 Å². The number of aliphatic hydroxyl groups is 1. The molecule has 7 rings (SSSR count). The van der Waals surface area contributed by atoms with Crippen LogP contribution in [0.1, 0.15) is 125 Å². The number of ether oxygens (including phenoxy) is 7. The number of fused-ring (bicyclic) bond motifs is 5. The minimum absolute atomic E-state index is 0.00894. The number of methoxy groups -OCH3 is 1. The van der Waals surface area contributed by atoms with Gasteiger partial charge < -0.3 is 38.3 Å². The van der Waals surface area contributed by atoms with E-state index in [2.05, 4.69) is 6.92 Å². The number of Topliss-reactive ketones (excluding diaryl/α,β-unsaturated/α-hetero) is 1. The third-order valence-electron chi connectivity index (χ3n) is 15.7. The predicted molar refractivity (Wildman–Crippen MR) is 241 cm³/mol. The van der Waals surface area contributed by atoms with Crippen molar-refractivity contribution in [2.75, 3.05) is 13.7 Å². The van der Waals surface area contributed by atoms with E-state index in [0.717, 1.165) is 11.1 Å². The number of hydrogen-bond acceptors (Lipinski definition) is 12. The van der Waals surface area contributed by atoms with E-state index in [0.29, 0.717) is 41.9 Å². The number of aryl methyl sites for hydroxylation is 1. The number of hydrogen-bond donors (Lipinski definition) is 1. The molecule has 13 heteroatoms. The first-order valence-electron chi connectivity index (χ1n) is 23.3. The van der Waals surface area contributed by atoms with E-state index < -0.39 is 94.0 Å². The van der Waals surface area contributed by atoms with Crippen LogP contribution < -0.4 is 4.74 Å². The van der Waals surface area contributed by atoms with Crippen LogP contribution in [0.15, 0.2) is 59.7 Å². The first-order valence-corrected chi connectivity index (χ1v) is 23.3. The van der Waals surface area contributed by atoms with Crippen molar-refractivity contribution in [2.24, 2.45) is 39.9 Å². The first-order chi connectivity index (χ1) is 30.3. The van der Waals surface area contributed by atoms with Gasteiger partial charge in [0.15, 0.2) is 12.3 Å². The van der Waals surface area contributed by atoms with Crippen LogP contribution in [0.5, 0.6) is 5.75 Å². The third-order valence-corrected chi connectivity index (χ3v) is 15.7. The normalized spacial score (nSPS) is 35.2. The molecule has 2 aromatic rings. The summed E-state index contributed by atoms with van der Waals surface area (Å²) in [6.45, 7) is 25.3. The zero-order valence-electron chi connectivity index (χ0n) is 40.8. The molecule has 3 aliphatic carbocycles. The lowest BCUT2D eigenvalue weighted by Gasteiger charge is -2.68. The summed E-state index contributed by atoms with van der Waals surface area (Å²) in [7, 11) is 1.55. The lowest BCUT2D eigenvalue weighted by molar-refractivity contribution is -0.302. The van der Waals surface area contributed by atoms with Crippen LogP contribution in [-0.2, 0) is 44.6 Å². The number of esters is 1. The Kier molecular flexibility index (Phi) is 12.9. The smallest absolute Gasteiger partial charge is 0.496 e. The van der Waals surface area contributed by atoms with Gasteiger partial charge in [0.05, 0.1) is 36.9 Å². The summed E-state index contributed by atoms with van der Waals surface area (Å²) < 4.78 is 43.0. The summed E-state index contributed by atoms with van der Waals surface area (Å²) in [6, 6.07) is 14.1. The minimum atomic E-state index is -1.54. The van der Waals surface area contributed by atoms with Crippen molar-refractivity contribution in [3.8, 4) is 5.75 Å². The number of nitrogens with zero attached hydrogens (tertiary/aromatic N) is 1. The van der Waals surface area contributed by atoms with E-state index in [9.17, 15) is 19.5 Å². The molecule has 4 fully saturated rings. The summed E-state index contributed by atoms with van der Waals surface area (Å²) in [5, 5.41) is 13.6. The molecule has 356 valence electrons. The largest absolute Gasteiger partial charge is 0.508 e. The highest BCUT2D eigenvalue weighted by atomic mass is 16.7. The standard InChI is InChI=1S/C52H71NO12/c1-28(2)22-35-41(64-44(53(35)46(56)65-48(7,8)9)34-21-20-29(3)23-36(34)59-14)45(55)62-37-25-52(58)32(6)42-50(12)27-61-38(50)24-39(63-47(57)60-26-33-18-16-15-17-19-33)51(42,13)43(54)31(5)40(30(37)4)49(52,10)11/h15-21,23,28,31-32,35,37-39,41-42,44,58H,22,24-27H2,1-14H3/t31?,32-,35-,37-,38+,39-,41+,42+,44?,50+,51+,52+/m0/s1. The lowest BCUT2D eigenvalue weighted by Crippen LogP contribution is -2.74. The second kappa shape index (κ2) is 17.3. The minimum Gasteiger partial charge on any atom is -0.496 e. The molecular weight excluding hydrogens is 831 g/mol. The van der Waals surface area contributed by atoms with Gasteiger partial charge in [-0.15, -0.1) is 0 Å². The average molecular weight is 902 g/mol. The predicted octanol–water partition coefficient (Wildman–Crippen LogP) is 9.45. The van der Waals surface area contributed by atoms with Crippen molar-refractivity contribution < 1.29 is 57.4 Å². The van der Waals surface area contributed by atoms with Crippen molar-refractivity contribution in [1.29, 1.82) is 0 Å². The molecule has 2 aromatic carbocycles. The third kappa shape index (κ3) is 8.25. The molecule has 0 aromatic heterocycles. The summed E-state index contributed by atoms with van der Waals surface area (Å²) in [5.41, 5.74) is -1.52. The maximum atomic E-state index is 15.6. The van der Waals surface area contributed by atoms with E-state index >= 15 is 4.79 Å². The molecule has 2 saturated carbocycles. The van der Waals surface area contributed by atoms with Crippen molar-refractivity contribution >= 4 is 24.0 Å². The van der Waals surface area contributed by atoms with Gasteiger partial charge in [-0.05, 0) is 94.1 Å². The Bertz CT molecular complexity index is 2200. The second-order valence-corrected chi connectivity index (χ2v) is 21.8. The number of amides is 1. The Hall–Kier alpha value is -4.46. The zero-order valence-corrected chi connectivity index (χ0v) is 40.8. The van der Waals surface area contributed by atoms with Crippen LogP contribution in [0.25, 0.3) is 0 Å². The SMILES string of the molecule is COc1cc(C)ccc1C1O[C@@H](C(=O)O[C@H]2C[C@@]3(O)[C@@H](C)[C@@H]4[C@]5(C)CO[C@@H]5C[C@H](OC(=O)OCc5ccccc5)[C@@]4(C)C(=O)C(C)C(=C2C)C3(C)C)[C@H](CC(C)C)N1C(=O)OC(C)(C)C. The molecule has 0 spiro atoms. The van der Waals surface area contributed by atoms with Gasteiger partial charge in [-0.1, -0.05) is 90.9 Å². The average Bonchev–Trinajstić information content (AvgIpc) is 3.59. The molecule has 2 bridgehead atoms. The Morgan fingerprint density at radius 2 is 1.66 bits per heavy atom. The second-order valence-electron chi connectivity index (χ2n) is 21.8. The molecule has 2 heterocycles. The Balaban J connectivity index is 1.26. The van der Waals surface area contributed by atoms with Gasteiger partial charge in [0, 0.05) is 35.2 Å². The quantitative estimate of drug-likeness (QED) is 0.145. The zero-order chi connectivity index (χ0) is 47.8. The highest BCUT2D eigenvalue weighted by molar-refractivity contribution is 5.91. The maximum absolute atomic E-state index is 15.6. The van der Waals surface area contributed by atoms with Crippen LogP contribution >= 0.6 is 0 Å². The Morgan fingerprint density at radius 3 is 2.26 bits per heavy atom. The van der Waals surface area contributed by atoms with Gasteiger partial charge in [0.2, 0.25) is 0 Å². The number of carbonyl (C=O) groups is 4. The van der Waals surface area contributed by atoms with E-state index in [4.69, 9.17) is 33.2 Å². The van der Waals surface area contributed by atoms with Crippen molar-refractivity contribution in [3.63, 3.8) is 0 Å². The molecule has 2 saturated heterocycles. The lowest BCUT2D eigenvalue weighted by atomic mass is 9.40. The molecule has 12 atom stereocenters. The molecule has 5 aliphatic rings. The Morgan fingerprint density at radius 1 is 0.985 bits per heavy atom. The monoisotopic (exact) mass is 901 g/mol. The van der Waals surface area contributed by atoms with Crippen molar-refractivity contribution in [1.82, 2.24) is 4.90 Å². The number of rotatable bonds is 9. The van der Waals surface area contributed by atoms with Crippen LogP contribution in [-0.4, -0.2) is 89.4 Å². The highest BCUT2D eigenvalue weighted by Gasteiger charge is 2.73. The Labute approximate surface area is 384 Å². The molecule has 1 N–H and O–H groups in total. The van der Waals surface area contributed by atoms with Crippen molar-refractivity contribution in [3.05, 3.63) is 76.4 Å². The van der Waals surface area contributed by atoms with Crippen molar-refractivity contribution in [2.45, 2.75) is 164 Å².